The van der Waals surface area contributed by atoms with Gasteiger partial charge in [0.1, 0.15) is 0 Å². The Balaban J connectivity index is 1.63. The van der Waals surface area contributed by atoms with Crippen molar-refractivity contribution in [3.63, 3.8) is 0 Å². The zero-order chi connectivity index (χ0) is 14.8. The first-order valence-corrected chi connectivity index (χ1v) is 9.27. The summed E-state index contributed by atoms with van der Waals surface area (Å²) in [6, 6.07) is 1.02. The molecule has 21 heavy (non-hydrogen) atoms. The van der Waals surface area contributed by atoms with Crippen molar-refractivity contribution in [1.82, 2.24) is 9.88 Å². The predicted octanol–water partition coefficient (Wildman–Crippen LogP) is 3.95. The maximum absolute atomic E-state index is 12.7. The zero-order valence-electron chi connectivity index (χ0n) is 13.2. The topological polar surface area (TPSA) is 33.2 Å². The minimum atomic E-state index is 0.308. The van der Waals surface area contributed by atoms with Crippen LogP contribution in [0.4, 0.5) is 0 Å². The standard InChI is InChI=1S/C17H26N2OS/c1-3-13-4-6-15(7-5-13)19(16-8-9-16)17(20)10-14-11-21-12(2)18-14/h11,13,15-16H,3-10H2,1-2H3. The fraction of sp³-hybridized carbons (Fsp3) is 0.765. The molecule has 0 unspecified atom stereocenters. The van der Waals surface area contributed by atoms with Crippen LogP contribution in [0.3, 0.4) is 0 Å². The normalized spacial score (nSPS) is 25.8. The molecule has 2 fully saturated rings. The molecule has 1 heterocycles. The van der Waals surface area contributed by atoms with E-state index in [2.05, 4.69) is 16.8 Å². The lowest BCUT2D eigenvalue weighted by atomic mass is 9.83. The Morgan fingerprint density at radius 2 is 1.86 bits per heavy atom. The lowest BCUT2D eigenvalue weighted by molar-refractivity contribution is -0.134. The molecule has 3 rings (SSSR count). The molecule has 3 nitrogen and oxygen atoms in total. The summed E-state index contributed by atoms with van der Waals surface area (Å²) in [5.74, 6) is 1.20. The molecular formula is C17H26N2OS. The van der Waals surface area contributed by atoms with Crippen LogP contribution in [0.25, 0.3) is 0 Å². The van der Waals surface area contributed by atoms with Crippen LogP contribution in [0, 0.1) is 12.8 Å². The summed E-state index contributed by atoms with van der Waals surface area (Å²) in [7, 11) is 0. The molecule has 0 atom stereocenters. The van der Waals surface area contributed by atoms with Gasteiger partial charge in [-0.2, -0.15) is 0 Å². The molecular weight excluding hydrogens is 280 g/mol. The SMILES string of the molecule is CCC1CCC(N(C(=O)Cc2csc(C)n2)C2CC2)CC1. The van der Waals surface area contributed by atoms with Gasteiger partial charge in [0.2, 0.25) is 5.91 Å². The number of hydrogen-bond acceptors (Lipinski definition) is 3. The molecule has 0 spiro atoms. The van der Waals surface area contributed by atoms with Gasteiger partial charge in [0.25, 0.3) is 0 Å². The van der Waals surface area contributed by atoms with E-state index in [4.69, 9.17) is 0 Å². The molecule has 0 bridgehead atoms. The quantitative estimate of drug-likeness (QED) is 0.825. The number of carbonyl (C=O) groups excluding carboxylic acids is 1. The predicted molar refractivity (Wildman–Crippen MR) is 86.5 cm³/mol. The van der Waals surface area contributed by atoms with E-state index in [0.29, 0.717) is 24.4 Å². The van der Waals surface area contributed by atoms with E-state index < -0.39 is 0 Å². The smallest absolute Gasteiger partial charge is 0.229 e. The molecule has 1 aromatic rings. The van der Waals surface area contributed by atoms with E-state index in [1.54, 1.807) is 11.3 Å². The highest BCUT2D eigenvalue weighted by Crippen LogP contribution is 2.36. The largest absolute Gasteiger partial charge is 0.336 e. The van der Waals surface area contributed by atoms with Crippen molar-refractivity contribution in [2.75, 3.05) is 0 Å². The minimum Gasteiger partial charge on any atom is -0.336 e. The van der Waals surface area contributed by atoms with E-state index >= 15 is 0 Å². The second kappa shape index (κ2) is 6.47. The molecule has 1 aromatic heterocycles. The molecule has 0 N–H and O–H groups in total. The minimum absolute atomic E-state index is 0.308. The number of aromatic nitrogens is 1. The van der Waals surface area contributed by atoms with Crippen LogP contribution in [0.5, 0.6) is 0 Å². The maximum Gasteiger partial charge on any atom is 0.229 e. The second-order valence-corrected chi connectivity index (χ2v) is 7.71. The van der Waals surface area contributed by atoms with Gasteiger partial charge in [-0.3, -0.25) is 4.79 Å². The van der Waals surface area contributed by atoms with Gasteiger partial charge in [-0.1, -0.05) is 13.3 Å². The molecule has 116 valence electrons. The Hall–Kier alpha value is -0.900. The average Bonchev–Trinajstić information content (AvgIpc) is 3.23. The van der Waals surface area contributed by atoms with Crippen molar-refractivity contribution in [2.45, 2.75) is 77.3 Å². The highest BCUT2D eigenvalue weighted by atomic mass is 32.1. The van der Waals surface area contributed by atoms with Crippen molar-refractivity contribution in [3.05, 3.63) is 16.1 Å². The molecule has 4 heteroatoms. The highest BCUT2D eigenvalue weighted by molar-refractivity contribution is 7.09. The van der Waals surface area contributed by atoms with E-state index in [1.165, 1.54) is 44.9 Å². The number of carbonyl (C=O) groups is 1. The van der Waals surface area contributed by atoms with Crippen molar-refractivity contribution in [3.8, 4) is 0 Å². The lowest BCUT2D eigenvalue weighted by Crippen LogP contribution is -2.44. The Bertz CT molecular complexity index is 487. The van der Waals surface area contributed by atoms with Crippen LogP contribution >= 0.6 is 11.3 Å². The third-order valence-corrected chi connectivity index (χ3v) is 5.84. The Morgan fingerprint density at radius 3 is 2.33 bits per heavy atom. The first kappa shape index (κ1) is 15.0. The van der Waals surface area contributed by atoms with Gasteiger partial charge < -0.3 is 4.90 Å². The number of nitrogens with zero attached hydrogens (tertiary/aromatic N) is 2. The average molecular weight is 306 g/mol. The summed E-state index contributed by atoms with van der Waals surface area (Å²) in [5.41, 5.74) is 0.954. The van der Waals surface area contributed by atoms with Gasteiger partial charge in [0.15, 0.2) is 0 Å². The number of hydrogen-bond donors (Lipinski definition) is 0. The molecule has 2 aliphatic rings. The summed E-state index contributed by atoms with van der Waals surface area (Å²) in [6.45, 7) is 4.29. The van der Waals surface area contributed by atoms with E-state index in [1.807, 2.05) is 12.3 Å². The monoisotopic (exact) mass is 306 g/mol. The third kappa shape index (κ3) is 3.65. The summed E-state index contributed by atoms with van der Waals surface area (Å²) >= 11 is 1.64. The molecule has 0 aliphatic heterocycles. The van der Waals surface area contributed by atoms with Gasteiger partial charge in [-0.05, 0) is 51.4 Å². The Labute approximate surface area is 131 Å². The van der Waals surface area contributed by atoms with Crippen molar-refractivity contribution in [2.24, 2.45) is 5.92 Å². The van der Waals surface area contributed by atoms with Crippen LogP contribution in [0.15, 0.2) is 5.38 Å². The van der Waals surface area contributed by atoms with Crippen molar-refractivity contribution < 1.29 is 4.79 Å². The summed E-state index contributed by atoms with van der Waals surface area (Å²) < 4.78 is 0. The van der Waals surface area contributed by atoms with Gasteiger partial charge in [-0.25, -0.2) is 4.98 Å². The summed E-state index contributed by atoms with van der Waals surface area (Å²) in [5, 5.41) is 3.09. The Morgan fingerprint density at radius 1 is 1.24 bits per heavy atom. The number of rotatable bonds is 5. The van der Waals surface area contributed by atoms with E-state index in [0.717, 1.165) is 16.6 Å². The maximum atomic E-state index is 12.7. The molecule has 2 aliphatic carbocycles. The fourth-order valence-corrected chi connectivity index (χ4v) is 4.24. The molecule has 2 saturated carbocycles. The van der Waals surface area contributed by atoms with Gasteiger partial charge >= 0.3 is 0 Å². The zero-order valence-corrected chi connectivity index (χ0v) is 14.0. The second-order valence-electron chi connectivity index (χ2n) is 6.65. The van der Waals surface area contributed by atoms with Crippen LogP contribution in [0.1, 0.15) is 62.6 Å². The molecule has 0 radical (unpaired) electrons. The van der Waals surface area contributed by atoms with Gasteiger partial charge in [0.05, 0.1) is 17.1 Å². The van der Waals surface area contributed by atoms with Crippen LogP contribution in [0.2, 0.25) is 0 Å². The van der Waals surface area contributed by atoms with Crippen molar-refractivity contribution in [1.29, 1.82) is 0 Å². The van der Waals surface area contributed by atoms with Crippen molar-refractivity contribution >= 4 is 17.2 Å². The number of thiazole rings is 1. The van der Waals surface area contributed by atoms with Crippen LogP contribution < -0.4 is 0 Å². The summed E-state index contributed by atoms with van der Waals surface area (Å²) in [4.78, 5) is 19.4. The molecule has 1 amide bonds. The number of aryl methyl sites for hydroxylation is 1. The van der Waals surface area contributed by atoms with Gasteiger partial charge in [0, 0.05) is 17.5 Å². The molecule has 0 saturated heterocycles. The first-order chi connectivity index (χ1) is 10.2. The van der Waals surface area contributed by atoms with Crippen LogP contribution in [-0.2, 0) is 11.2 Å². The fourth-order valence-electron chi connectivity index (χ4n) is 3.63. The lowest BCUT2D eigenvalue weighted by Gasteiger charge is -2.37. The first-order valence-electron chi connectivity index (χ1n) is 8.39. The summed E-state index contributed by atoms with van der Waals surface area (Å²) in [6.07, 6.45) is 9.20. The van der Waals surface area contributed by atoms with E-state index in [9.17, 15) is 4.79 Å². The third-order valence-electron chi connectivity index (χ3n) is 5.01. The van der Waals surface area contributed by atoms with Gasteiger partial charge in [-0.15, -0.1) is 11.3 Å². The van der Waals surface area contributed by atoms with E-state index in [-0.39, 0.29) is 0 Å². The number of amides is 1. The van der Waals surface area contributed by atoms with Crippen LogP contribution in [-0.4, -0.2) is 27.9 Å². The Kier molecular flexibility index (Phi) is 4.63. The molecule has 0 aromatic carbocycles. The highest BCUT2D eigenvalue weighted by Gasteiger charge is 2.38.